The maximum atomic E-state index is 12.9. The largest absolute Gasteiger partial charge is 0.399 e. The molecule has 0 saturated heterocycles. The molecule has 19 heavy (non-hydrogen) atoms. The number of nitrogens with two attached hydrogens (primary N) is 1. The number of nitrogens with zero attached hydrogens (tertiary/aromatic N) is 1. The number of sulfonamides is 1. The number of hydrogen-bond acceptors (Lipinski definition) is 4. The van der Waals surface area contributed by atoms with Crippen molar-refractivity contribution >= 4 is 33.1 Å². The molecule has 0 unspecified atom stereocenters. The van der Waals surface area contributed by atoms with Crippen LogP contribution in [-0.2, 0) is 10.0 Å². The van der Waals surface area contributed by atoms with E-state index in [9.17, 15) is 12.8 Å². The molecule has 100 valence electrons. The second kappa shape index (κ2) is 5.02. The van der Waals surface area contributed by atoms with E-state index in [1.807, 2.05) is 0 Å². The lowest BCUT2D eigenvalue weighted by Crippen LogP contribution is -2.15. The number of halogens is 2. The molecule has 0 aliphatic rings. The van der Waals surface area contributed by atoms with Crippen molar-refractivity contribution in [1.29, 1.82) is 0 Å². The average Bonchev–Trinajstić information content (AvgIpc) is 2.31. The molecule has 0 atom stereocenters. The molecular weight excluding hydrogens is 293 g/mol. The van der Waals surface area contributed by atoms with Crippen LogP contribution in [0.2, 0.25) is 5.02 Å². The third-order valence-corrected chi connectivity index (χ3v) is 4.04. The van der Waals surface area contributed by atoms with Crippen LogP contribution in [0.1, 0.15) is 0 Å². The van der Waals surface area contributed by atoms with E-state index in [0.717, 1.165) is 6.07 Å². The van der Waals surface area contributed by atoms with E-state index in [1.54, 1.807) is 0 Å². The van der Waals surface area contributed by atoms with Gasteiger partial charge in [0.05, 0.1) is 5.02 Å². The number of benzene rings is 1. The highest BCUT2D eigenvalue weighted by atomic mass is 35.5. The molecule has 3 N–H and O–H groups in total. The number of nitrogens with one attached hydrogen (secondary N) is 1. The highest BCUT2D eigenvalue weighted by Gasteiger charge is 2.19. The summed E-state index contributed by atoms with van der Waals surface area (Å²) >= 11 is 5.81. The van der Waals surface area contributed by atoms with E-state index >= 15 is 0 Å². The molecule has 0 radical (unpaired) electrons. The molecule has 0 amide bonds. The van der Waals surface area contributed by atoms with E-state index in [-0.39, 0.29) is 21.4 Å². The van der Waals surface area contributed by atoms with Gasteiger partial charge in [-0.1, -0.05) is 17.7 Å². The topological polar surface area (TPSA) is 85.1 Å². The minimum absolute atomic E-state index is 0.0121. The Bertz CT molecular complexity index is 722. The summed E-state index contributed by atoms with van der Waals surface area (Å²) in [5.41, 5.74) is 5.76. The Morgan fingerprint density at radius 2 is 2.00 bits per heavy atom. The first kappa shape index (κ1) is 13.6. The van der Waals surface area contributed by atoms with E-state index in [2.05, 4.69) is 9.71 Å². The SMILES string of the molecule is Nc1ccc(Cl)c(S(=O)(=O)Nc2cccc(F)n2)c1. The molecule has 2 rings (SSSR count). The zero-order chi connectivity index (χ0) is 14.0. The number of anilines is 2. The Balaban J connectivity index is 2.40. The van der Waals surface area contributed by atoms with Crippen LogP contribution in [0, 0.1) is 5.95 Å². The lowest BCUT2D eigenvalue weighted by Gasteiger charge is -2.09. The smallest absolute Gasteiger partial charge is 0.264 e. The Hall–Kier alpha value is -1.86. The number of aromatic nitrogens is 1. The summed E-state index contributed by atoms with van der Waals surface area (Å²) in [5.74, 6) is -0.933. The van der Waals surface area contributed by atoms with Gasteiger partial charge in [-0.15, -0.1) is 0 Å². The van der Waals surface area contributed by atoms with E-state index in [0.29, 0.717) is 0 Å². The van der Waals surface area contributed by atoms with Gasteiger partial charge in [-0.3, -0.25) is 4.72 Å². The van der Waals surface area contributed by atoms with Crippen molar-refractivity contribution in [3.05, 3.63) is 47.4 Å². The van der Waals surface area contributed by atoms with E-state index < -0.39 is 16.0 Å². The lowest BCUT2D eigenvalue weighted by atomic mass is 10.3. The van der Waals surface area contributed by atoms with Gasteiger partial charge < -0.3 is 5.73 Å². The van der Waals surface area contributed by atoms with Crippen molar-refractivity contribution in [3.8, 4) is 0 Å². The second-order valence-electron chi connectivity index (χ2n) is 3.64. The molecule has 0 aliphatic heterocycles. The molecule has 0 saturated carbocycles. The molecule has 0 bridgehead atoms. The molecule has 5 nitrogen and oxygen atoms in total. The van der Waals surface area contributed by atoms with Gasteiger partial charge >= 0.3 is 0 Å². The third kappa shape index (κ3) is 3.12. The van der Waals surface area contributed by atoms with Crippen molar-refractivity contribution in [2.45, 2.75) is 4.90 Å². The van der Waals surface area contributed by atoms with Gasteiger partial charge in [-0.2, -0.15) is 4.39 Å². The molecule has 2 aromatic rings. The monoisotopic (exact) mass is 301 g/mol. The van der Waals surface area contributed by atoms with Crippen LogP contribution >= 0.6 is 11.6 Å². The van der Waals surface area contributed by atoms with Gasteiger partial charge in [0.2, 0.25) is 5.95 Å². The van der Waals surface area contributed by atoms with Crippen molar-refractivity contribution < 1.29 is 12.8 Å². The summed E-state index contributed by atoms with van der Waals surface area (Å²) in [6.07, 6.45) is 0. The summed E-state index contributed by atoms with van der Waals surface area (Å²) in [6, 6.07) is 7.81. The predicted octanol–water partition coefficient (Wildman–Crippen LogP) is 2.26. The molecule has 0 fully saturated rings. The summed E-state index contributed by atoms with van der Waals surface area (Å²) in [7, 11) is -3.97. The summed E-state index contributed by atoms with van der Waals surface area (Å²) in [6.45, 7) is 0. The predicted molar refractivity (Wildman–Crippen MR) is 70.9 cm³/mol. The summed E-state index contributed by atoms with van der Waals surface area (Å²) in [4.78, 5) is 3.21. The maximum Gasteiger partial charge on any atom is 0.264 e. The van der Waals surface area contributed by atoms with Crippen molar-refractivity contribution in [2.24, 2.45) is 0 Å². The number of nitrogen functional groups attached to an aromatic ring is 1. The van der Waals surface area contributed by atoms with E-state index in [4.69, 9.17) is 17.3 Å². The van der Waals surface area contributed by atoms with Crippen LogP contribution in [0.25, 0.3) is 0 Å². The summed E-state index contributed by atoms with van der Waals surface area (Å²) < 4.78 is 39.2. The van der Waals surface area contributed by atoms with Crippen LogP contribution in [0.15, 0.2) is 41.3 Å². The van der Waals surface area contributed by atoms with Gasteiger partial charge in [0.25, 0.3) is 10.0 Å². The summed E-state index contributed by atoms with van der Waals surface area (Å²) in [5, 5.41) is 0.0121. The highest BCUT2D eigenvalue weighted by molar-refractivity contribution is 7.92. The molecular formula is C11H9ClFN3O2S. The van der Waals surface area contributed by atoms with Crippen molar-refractivity contribution in [1.82, 2.24) is 4.98 Å². The maximum absolute atomic E-state index is 12.9. The molecule has 8 heteroatoms. The second-order valence-corrected chi connectivity index (χ2v) is 5.70. The Kier molecular flexibility index (Phi) is 3.59. The average molecular weight is 302 g/mol. The van der Waals surface area contributed by atoms with Crippen LogP contribution < -0.4 is 10.5 Å². The zero-order valence-corrected chi connectivity index (χ0v) is 11.0. The number of hydrogen-bond donors (Lipinski definition) is 2. The molecule has 1 heterocycles. The van der Waals surface area contributed by atoms with Gasteiger partial charge in [0.1, 0.15) is 10.7 Å². The first-order valence-electron chi connectivity index (χ1n) is 5.09. The number of rotatable bonds is 3. The van der Waals surface area contributed by atoms with E-state index in [1.165, 1.54) is 30.3 Å². The molecule has 1 aromatic heterocycles. The standard InChI is InChI=1S/C11H9ClFN3O2S/c12-8-5-4-7(14)6-9(8)19(17,18)16-11-3-1-2-10(13)15-11/h1-6H,14H2,(H,15,16). The van der Waals surface area contributed by atoms with Gasteiger partial charge in [-0.25, -0.2) is 13.4 Å². The molecule has 0 aliphatic carbocycles. The first-order valence-corrected chi connectivity index (χ1v) is 6.95. The zero-order valence-electron chi connectivity index (χ0n) is 9.47. The van der Waals surface area contributed by atoms with Crippen LogP contribution in [-0.4, -0.2) is 13.4 Å². The lowest BCUT2D eigenvalue weighted by molar-refractivity contribution is 0.584. The Labute approximate surface area is 114 Å². The van der Waals surface area contributed by atoms with Crippen molar-refractivity contribution in [3.63, 3.8) is 0 Å². The number of pyridine rings is 1. The minimum atomic E-state index is -3.97. The fourth-order valence-corrected chi connectivity index (χ4v) is 2.92. The fourth-order valence-electron chi connectivity index (χ4n) is 1.38. The van der Waals surface area contributed by atoms with Crippen LogP contribution in [0.3, 0.4) is 0 Å². The van der Waals surface area contributed by atoms with Crippen LogP contribution in [0.5, 0.6) is 0 Å². The quantitative estimate of drug-likeness (QED) is 0.672. The van der Waals surface area contributed by atoms with Crippen molar-refractivity contribution in [2.75, 3.05) is 10.5 Å². The Morgan fingerprint density at radius 1 is 1.26 bits per heavy atom. The van der Waals surface area contributed by atoms with Crippen LogP contribution in [0.4, 0.5) is 15.9 Å². The van der Waals surface area contributed by atoms with Gasteiger partial charge in [-0.05, 0) is 30.3 Å². The third-order valence-electron chi connectivity index (χ3n) is 2.20. The minimum Gasteiger partial charge on any atom is -0.399 e. The fraction of sp³-hybridized carbons (Fsp3) is 0. The van der Waals surface area contributed by atoms with Gasteiger partial charge in [0, 0.05) is 5.69 Å². The normalized spacial score (nSPS) is 11.3. The van der Waals surface area contributed by atoms with Gasteiger partial charge in [0.15, 0.2) is 0 Å². The molecule has 0 spiro atoms. The molecule has 1 aromatic carbocycles. The first-order chi connectivity index (χ1) is 8.88. The Morgan fingerprint density at radius 3 is 2.68 bits per heavy atom. The highest BCUT2D eigenvalue weighted by Crippen LogP contribution is 2.25.